The minimum atomic E-state index is -1.15. The van der Waals surface area contributed by atoms with E-state index in [4.69, 9.17) is 5.73 Å². The molecule has 1 atom stereocenters. The van der Waals surface area contributed by atoms with Gasteiger partial charge in [-0.1, -0.05) is 59.7 Å². The highest BCUT2D eigenvalue weighted by molar-refractivity contribution is 5.39. The molecule has 0 spiro atoms. The molecule has 2 aromatic carbocycles. The minimum Gasteiger partial charge on any atom is -0.379 e. The van der Waals surface area contributed by atoms with Crippen LogP contribution in [0.1, 0.15) is 29.2 Å². The van der Waals surface area contributed by atoms with Crippen molar-refractivity contribution in [1.29, 1.82) is 0 Å². The van der Waals surface area contributed by atoms with Crippen LogP contribution in [0.15, 0.2) is 48.5 Å². The highest BCUT2D eigenvalue weighted by Crippen LogP contribution is 2.32. The van der Waals surface area contributed by atoms with Gasteiger partial charge in [0.15, 0.2) is 0 Å². The quantitative estimate of drug-likeness (QED) is 0.886. The van der Waals surface area contributed by atoms with Crippen LogP contribution < -0.4 is 5.73 Å². The fraction of sp³-hybridized carbons (Fsp3) is 0.294. The summed E-state index contributed by atoms with van der Waals surface area (Å²) in [5, 5.41) is 11.1. The number of hydrogen-bond donors (Lipinski definition) is 2. The normalized spacial score (nSPS) is 13.3. The Kier molecular flexibility index (Phi) is 3.74. The Morgan fingerprint density at radius 2 is 1.16 bits per heavy atom. The van der Waals surface area contributed by atoms with E-state index in [1.807, 2.05) is 69.3 Å². The second-order valence-corrected chi connectivity index (χ2v) is 5.29. The first-order chi connectivity index (χ1) is 8.94. The molecule has 0 heterocycles. The third kappa shape index (κ3) is 2.55. The molecule has 2 nitrogen and oxygen atoms in total. The van der Waals surface area contributed by atoms with Crippen LogP contribution in [0.5, 0.6) is 0 Å². The van der Waals surface area contributed by atoms with Crippen LogP contribution in [0.3, 0.4) is 0 Å². The van der Waals surface area contributed by atoms with Crippen molar-refractivity contribution < 1.29 is 5.11 Å². The van der Waals surface area contributed by atoms with Crippen LogP contribution in [0.25, 0.3) is 0 Å². The van der Waals surface area contributed by atoms with E-state index in [0.29, 0.717) is 0 Å². The lowest BCUT2D eigenvalue weighted by Gasteiger charge is -2.33. The molecule has 0 aliphatic heterocycles. The van der Waals surface area contributed by atoms with Crippen LogP contribution in [-0.4, -0.2) is 11.1 Å². The summed E-state index contributed by atoms with van der Waals surface area (Å²) < 4.78 is 0. The molecule has 0 saturated carbocycles. The Bertz CT molecular complexity index is 495. The smallest absolute Gasteiger partial charge is 0.129 e. The predicted molar refractivity (Wildman–Crippen MR) is 79.0 cm³/mol. The molecule has 2 aromatic rings. The first-order valence-electron chi connectivity index (χ1n) is 6.57. The Labute approximate surface area is 114 Å². The van der Waals surface area contributed by atoms with Gasteiger partial charge in [0.25, 0.3) is 0 Å². The van der Waals surface area contributed by atoms with Crippen LogP contribution in [0, 0.1) is 13.8 Å². The Balaban J connectivity index is 2.54. The zero-order valence-corrected chi connectivity index (χ0v) is 11.7. The predicted octanol–water partition coefficient (Wildman–Crippen LogP) is 2.89. The third-order valence-electron chi connectivity index (χ3n) is 3.64. The van der Waals surface area contributed by atoms with Gasteiger partial charge in [0, 0.05) is 6.04 Å². The second kappa shape index (κ2) is 5.16. The molecule has 0 saturated heterocycles. The molecule has 0 amide bonds. The number of benzene rings is 2. The standard InChI is InChI=1S/C17H21NO/c1-12-4-8-15(9-5-12)17(19,14(3)18)16-10-6-13(2)7-11-16/h4-11,14,19H,18H2,1-3H3. The lowest BCUT2D eigenvalue weighted by atomic mass is 9.81. The van der Waals surface area contributed by atoms with Crippen molar-refractivity contribution in [2.45, 2.75) is 32.4 Å². The van der Waals surface area contributed by atoms with Gasteiger partial charge in [-0.05, 0) is 31.9 Å². The monoisotopic (exact) mass is 255 g/mol. The molecule has 1 unspecified atom stereocenters. The molecule has 2 rings (SSSR count). The molecule has 0 bridgehead atoms. The van der Waals surface area contributed by atoms with Gasteiger partial charge in [0.2, 0.25) is 0 Å². The topological polar surface area (TPSA) is 46.2 Å². The molecular formula is C17H21NO. The van der Waals surface area contributed by atoms with Crippen LogP contribution in [-0.2, 0) is 5.60 Å². The highest BCUT2D eigenvalue weighted by Gasteiger charge is 2.35. The van der Waals surface area contributed by atoms with Gasteiger partial charge in [-0.15, -0.1) is 0 Å². The molecule has 3 N–H and O–H groups in total. The van der Waals surface area contributed by atoms with E-state index in [0.717, 1.165) is 11.1 Å². The Hall–Kier alpha value is -1.64. The van der Waals surface area contributed by atoms with Crippen LogP contribution in [0.2, 0.25) is 0 Å². The van der Waals surface area contributed by atoms with Gasteiger partial charge in [-0.2, -0.15) is 0 Å². The van der Waals surface area contributed by atoms with Gasteiger partial charge in [0.1, 0.15) is 5.60 Å². The Morgan fingerprint density at radius 1 is 0.842 bits per heavy atom. The number of aliphatic hydroxyl groups is 1. The average molecular weight is 255 g/mol. The molecule has 0 fully saturated rings. The molecule has 2 heteroatoms. The largest absolute Gasteiger partial charge is 0.379 e. The molecular weight excluding hydrogens is 234 g/mol. The summed E-state index contributed by atoms with van der Waals surface area (Å²) in [6.07, 6.45) is 0. The summed E-state index contributed by atoms with van der Waals surface area (Å²) >= 11 is 0. The summed E-state index contributed by atoms with van der Waals surface area (Å²) in [5.41, 5.74) is 8.90. The summed E-state index contributed by atoms with van der Waals surface area (Å²) in [6, 6.07) is 15.4. The fourth-order valence-electron chi connectivity index (χ4n) is 2.31. The third-order valence-corrected chi connectivity index (χ3v) is 3.64. The summed E-state index contributed by atoms with van der Waals surface area (Å²) in [4.78, 5) is 0. The lowest BCUT2D eigenvalue weighted by Crippen LogP contribution is -2.44. The summed E-state index contributed by atoms with van der Waals surface area (Å²) in [5.74, 6) is 0. The number of nitrogens with two attached hydrogens (primary N) is 1. The van der Waals surface area contributed by atoms with Crippen molar-refractivity contribution in [1.82, 2.24) is 0 Å². The van der Waals surface area contributed by atoms with Gasteiger partial charge >= 0.3 is 0 Å². The maximum absolute atomic E-state index is 11.1. The van der Waals surface area contributed by atoms with E-state index in [2.05, 4.69) is 0 Å². The zero-order valence-electron chi connectivity index (χ0n) is 11.7. The Morgan fingerprint density at radius 3 is 1.42 bits per heavy atom. The van der Waals surface area contributed by atoms with Crippen molar-refractivity contribution in [2.24, 2.45) is 5.73 Å². The van der Waals surface area contributed by atoms with Crippen molar-refractivity contribution >= 4 is 0 Å². The zero-order chi connectivity index (χ0) is 14.0. The van der Waals surface area contributed by atoms with Crippen molar-refractivity contribution in [3.05, 3.63) is 70.8 Å². The first-order valence-corrected chi connectivity index (χ1v) is 6.57. The van der Waals surface area contributed by atoms with Gasteiger partial charge in [0.05, 0.1) is 0 Å². The van der Waals surface area contributed by atoms with E-state index in [1.54, 1.807) is 0 Å². The van der Waals surface area contributed by atoms with Gasteiger partial charge in [-0.3, -0.25) is 0 Å². The summed E-state index contributed by atoms with van der Waals surface area (Å²) in [7, 11) is 0. The van der Waals surface area contributed by atoms with Crippen molar-refractivity contribution in [3.8, 4) is 0 Å². The average Bonchev–Trinajstić information content (AvgIpc) is 2.39. The molecule has 0 aliphatic rings. The van der Waals surface area contributed by atoms with Gasteiger partial charge in [-0.25, -0.2) is 0 Å². The fourth-order valence-corrected chi connectivity index (χ4v) is 2.31. The molecule has 19 heavy (non-hydrogen) atoms. The number of aryl methyl sites for hydroxylation is 2. The second-order valence-electron chi connectivity index (χ2n) is 5.29. The van der Waals surface area contributed by atoms with Crippen molar-refractivity contribution in [3.63, 3.8) is 0 Å². The van der Waals surface area contributed by atoms with Gasteiger partial charge < -0.3 is 10.8 Å². The molecule has 0 radical (unpaired) electrons. The van der Waals surface area contributed by atoms with E-state index in [1.165, 1.54) is 11.1 Å². The van der Waals surface area contributed by atoms with E-state index in [-0.39, 0.29) is 0 Å². The van der Waals surface area contributed by atoms with E-state index in [9.17, 15) is 5.11 Å². The van der Waals surface area contributed by atoms with Crippen LogP contribution >= 0.6 is 0 Å². The molecule has 100 valence electrons. The lowest BCUT2D eigenvalue weighted by molar-refractivity contribution is 0.0578. The van der Waals surface area contributed by atoms with E-state index >= 15 is 0 Å². The number of hydrogen-bond acceptors (Lipinski definition) is 2. The SMILES string of the molecule is Cc1ccc(C(O)(c2ccc(C)cc2)C(C)N)cc1. The minimum absolute atomic E-state index is 0.391. The van der Waals surface area contributed by atoms with E-state index < -0.39 is 11.6 Å². The van der Waals surface area contributed by atoms with Crippen LogP contribution in [0.4, 0.5) is 0 Å². The maximum atomic E-state index is 11.1. The first kappa shape index (κ1) is 13.8. The van der Waals surface area contributed by atoms with Crippen molar-refractivity contribution in [2.75, 3.05) is 0 Å². The molecule has 0 aromatic heterocycles. The number of rotatable bonds is 3. The highest BCUT2D eigenvalue weighted by atomic mass is 16.3. The summed E-state index contributed by atoms with van der Waals surface area (Å²) in [6.45, 7) is 5.89. The molecule has 0 aliphatic carbocycles. The maximum Gasteiger partial charge on any atom is 0.129 e.